The summed E-state index contributed by atoms with van der Waals surface area (Å²) in [7, 11) is 1.32. The van der Waals surface area contributed by atoms with Gasteiger partial charge in [0.25, 0.3) is 5.91 Å². The smallest absolute Gasteiger partial charge is 0.342 e. The fraction of sp³-hybridized carbons (Fsp3) is 0.182. The van der Waals surface area contributed by atoms with Crippen molar-refractivity contribution in [3.63, 3.8) is 0 Å². The Balaban J connectivity index is 2.69. The van der Waals surface area contributed by atoms with Crippen LogP contribution in [0.1, 0.15) is 10.4 Å². The first-order valence-corrected chi connectivity index (χ1v) is 5.08. The third kappa shape index (κ3) is 3.87. The number of methoxy groups -OCH3 is 1. The maximum absolute atomic E-state index is 11.6. The van der Waals surface area contributed by atoms with Crippen LogP contribution in [0.15, 0.2) is 18.2 Å². The third-order valence-corrected chi connectivity index (χ3v) is 2.04. The van der Waals surface area contributed by atoms with Gasteiger partial charge in [-0.1, -0.05) is 6.07 Å². The second-order valence-electron chi connectivity index (χ2n) is 3.34. The van der Waals surface area contributed by atoms with Crippen LogP contribution in [0.2, 0.25) is 0 Å². The Morgan fingerprint density at radius 2 is 2.05 bits per heavy atom. The molecular weight excluding hydrogens is 256 g/mol. The number of nitrogens with two attached hydrogens (primary N) is 1. The van der Waals surface area contributed by atoms with E-state index in [0.717, 1.165) is 0 Å². The molecule has 1 rings (SSSR count). The summed E-state index contributed by atoms with van der Waals surface area (Å²) in [5.41, 5.74) is 4.54. The summed E-state index contributed by atoms with van der Waals surface area (Å²) in [6.45, 7) is -0.696. The van der Waals surface area contributed by atoms with Gasteiger partial charge in [0, 0.05) is 0 Å². The van der Waals surface area contributed by atoms with Crippen LogP contribution in [0.5, 0.6) is 11.5 Å². The number of ether oxygens (including phenoxy) is 2. The predicted molar refractivity (Wildman–Crippen MR) is 62.7 cm³/mol. The Morgan fingerprint density at radius 3 is 2.63 bits per heavy atom. The molecule has 0 aliphatic rings. The number of phenols is 1. The first-order chi connectivity index (χ1) is 8.95. The van der Waals surface area contributed by atoms with Gasteiger partial charge >= 0.3 is 12.0 Å². The zero-order valence-corrected chi connectivity index (χ0v) is 10.0. The van der Waals surface area contributed by atoms with Crippen molar-refractivity contribution < 1.29 is 29.0 Å². The number of phenolic OH excluding ortho intramolecular Hbond substituents is 1. The van der Waals surface area contributed by atoms with Gasteiger partial charge in [0.1, 0.15) is 5.56 Å². The van der Waals surface area contributed by atoms with Crippen LogP contribution in [0, 0.1) is 0 Å². The van der Waals surface area contributed by atoms with E-state index >= 15 is 0 Å². The van der Waals surface area contributed by atoms with Crippen molar-refractivity contribution in [2.45, 2.75) is 0 Å². The number of hydrogen-bond acceptors (Lipinski definition) is 6. The van der Waals surface area contributed by atoms with Gasteiger partial charge in [0.05, 0.1) is 7.11 Å². The maximum Gasteiger partial charge on any atom is 0.342 e. The number of carbonyl (C=O) groups excluding carboxylic acids is 3. The van der Waals surface area contributed by atoms with Crippen LogP contribution in [-0.2, 0) is 9.53 Å². The molecule has 0 radical (unpaired) electrons. The van der Waals surface area contributed by atoms with Gasteiger partial charge in [-0.05, 0) is 12.1 Å². The summed E-state index contributed by atoms with van der Waals surface area (Å²) in [4.78, 5) is 33.0. The standard InChI is InChI=1S/C11H12N2O6/c1-18-7-4-2-3-6(9(7)15)10(16)19-5-8(14)13-11(12)17/h2-4,15H,5H2,1H3,(H3,12,13,14,17). The highest BCUT2D eigenvalue weighted by Gasteiger charge is 2.17. The molecule has 8 nitrogen and oxygen atoms in total. The number of benzene rings is 1. The lowest BCUT2D eigenvalue weighted by molar-refractivity contribution is -0.123. The predicted octanol–water partition coefficient (Wildman–Crippen LogP) is -0.247. The molecule has 0 saturated heterocycles. The van der Waals surface area contributed by atoms with E-state index in [4.69, 9.17) is 10.5 Å². The molecule has 0 aliphatic carbocycles. The van der Waals surface area contributed by atoms with Crippen molar-refractivity contribution in [3.8, 4) is 11.5 Å². The lowest BCUT2D eigenvalue weighted by atomic mass is 10.2. The first kappa shape index (κ1) is 14.3. The van der Waals surface area contributed by atoms with E-state index in [9.17, 15) is 19.5 Å². The monoisotopic (exact) mass is 268 g/mol. The van der Waals surface area contributed by atoms with E-state index in [2.05, 4.69) is 4.74 Å². The van der Waals surface area contributed by atoms with Crippen molar-refractivity contribution >= 4 is 17.9 Å². The molecule has 0 aromatic heterocycles. The van der Waals surface area contributed by atoms with Gasteiger partial charge in [0.2, 0.25) is 0 Å². The number of nitrogens with one attached hydrogen (secondary N) is 1. The molecule has 0 fully saturated rings. The van der Waals surface area contributed by atoms with Crippen molar-refractivity contribution in [2.75, 3.05) is 13.7 Å². The van der Waals surface area contributed by atoms with E-state index in [-0.39, 0.29) is 11.3 Å². The van der Waals surface area contributed by atoms with Crippen LogP contribution in [0.3, 0.4) is 0 Å². The fourth-order valence-electron chi connectivity index (χ4n) is 1.23. The Bertz CT molecular complexity index is 514. The quantitative estimate of drug-likeness (QED) is 0.646. The molecule has 0 saturated carbocycles. The Labute approximate surface area is 108 Å². The summed E-state index contributed by atoms with van der Waals surface area (Å²) in [6.07, 6.45) is 0. The molecular formula is C11H12N2O6. The highest BCUT2D eigenvalue weighted by Crippen LogP contribution is 2.29. The van der Waals surface area contributed by atoms with Gasteiger partial charge in [-0.25, -0.2) is 9.59 Å². The van der Waals surface area contributed by atoms with E-state index in [1.807, 2.05) is 0 Å². The van der Waals surface area contributed by atoms with E-state index in [1.165, 1.54) is 25.3 Å². The zero-order valence-electron chi connectivity index (χ0n) is 10.0. The van der Waals surface area contributed by atoms with Crippen LogP contribution in [0.25, 0.3) is 0 Å². The van der Waals surface area contributed by atoms with Crippen LogP contribution >= 0.6 is 0 Å². The summed E-state index contributed by atoms with van der Waals surface area (Å²) in [5.74, 6) is -2.11. The number of rotatable bonds is 4. The fourth-order valence-corrected chi connectivity index (χ4v) is 1.23. The molecule has 1 aromatic rings. The minimum absolute atomic E-state index is 0.0936. The van der Waals surface area contributed by atoms with Gasteiger partial charge in [-0.15, -0.1) is 0 Å². The largest absolute Gasteiger partial charge is 0.504 e. The van der Waals surface area contributed by atoms with Crippen LogP contribution < -0.4 is 15.8 Å². The van der Waals surface area contributed by atoms with Crippen LogP contribution in [0.4, 0.5) is 4.79 Å². The molecule has 3 amide bonds. The topological polar surface area (TPSA) is 128 Å². The number of carbonyl (C=O) groups is 3. The number of para-hydroxylation sites is 1. The molecule has 4 N–H and O–H groups in total. The van der Waals surface area contributed by atoms with Crippen molar-refractivity contribution in [1.82, 2.24) is 5.32 Å². The molecule has 8 heteroatoms. The highest BCUT2D eigenvalue weighted by atomic mass is 16.5. The molecule has 0 atom stereocenters. The second-order valence-corrected chi connectivity index (χ2v) is 3.34. The highest BCUT2D eigenvalue weighted by molar-refractivity contribution is 5.97. The van der Waals surface area contributed by atoms with Crippen LogP contribution in [-0.4, -0.2) is 36.7 Å². The molecule has 0 unspecified atom stereocenters. The van der Waals surface area contributed by atoms with E-state index in [1.54, 1.807) is 5.32 Å². The molecule has 102 valence electrons. The zero-order chi connectivity index (χ0) is 14.4. The molecule has 0 aliphatic heterocycles. The summed E-state index contributed by atoms with van der Waals surface area (Å²) in [5, 5.41) is 11.4. The number of amides is 3. The molecule has 0 bridgehead atoms. The normalized spacial score (nSPS) is 9.53. The lowest BCUT2D eigenvalue weighted by Crippen LogP contribution is -2.37. The number of aromatic hydroxyl groups is 1. The summed E-state index contributed by atoms with van der Waals surface area (Å²) in [6, 6.07) is 3.17. The molecule has 19 heavy (non-hydrogen) atoms. The maximum atomic E-state index is 11.6. The average Bonchev–Trinajstić information content (AvgIpc) is 2.35. The number of primary amides is 1. The van der Waals surface area contributed by atoms with E-state index < -0.39 is 30.3 Å². The Kier molecular flexibility index (Phi) is 4.69. The van der Waals surface area contributed by atoms with Gasteiger partial charge in [-0.3, -0.25) is 10.1 Å². The lowest BCUT2D eigenvalue weighted by Gasteiger charge is -2.08. The second kappa shape index (κ2) is 6.24. The van der Waals surface area contributed by atoms with Crippen molar-refractivity contribution in [2.24, 2.45) is 5.73 Å². The minimum Gasteiger partial charge on any atom is -0.504 e. The number of esters is 1. The number of hydrogen-bond donors (Lipinski definition) is 3. The average molecular weight is 268 g/mol. The summed E-state index contributed by atoms with van der Waals surface area (Å²) >= 11 is 0. The molecule has 0 spiro atoms. The Morgan fingerprint density at radius 1 is 1.37 bits per heavy atom. The Hall–Kier alpha value is -2.77. The van der Waals surface area contributed by atoms with Gasteiger partial charge < -0.3 is 20.3 Å². The van der Waals surface area contributed by atoms with Crippen molar-refractivity contribution in [3.05, 3.63) is 23.8 Å². The third-order valence-electron chi connectivity index (χ3n) is 2.04. The van der Waals surface area contributed by atoms with Gasteiger partial charge in [0.15, 0.2) is 18.1 Å². The number of imide groups is 1. The minimum atomic E-state index is -1.05. The molecule has 0 heterocycles. The van der Waals surface area contributed by atoms with E-state index in [0.29, 0.717) is 0 Å². The SMILES string of the molecule is COc1cccc(C(=O)OCC(=O)NC(N)=O)c1O. The number of urea groups is 1. The van der Waals surface area contributed by atoms with Gasteiger partial charge in [-0.2, -0.15) is 0 Å². The summed E-state index contributed by atoms with van der Waals surface area (Å²) < 4.78 is 9.41. The first-order valence-electron chi connectivity index (χ1n) is 5.08. The van der Waals surface area contributed by atoms with Crippen molar-refractivity contribution in [1.29, 1.82) is 0 Å². The molecule has 1 aromatic carbocycles.